The van der Waals surface area contributed by atoms with Gasteiger partial charge >= 0.3 is 5.76 Å². The molecular weight excluding hydrogens is 461 g/mol. The van der Waals surface area contributed by atoms with E-state index in [9.17, 15) is 14.4 Å². The molecule has 3 aromatic rings. The second kappa shape index (κ2) is 9.49. The van der Waals surface area contributed by atoms with Crippen LogP contribution in [0, 0.1) is 6.92 Å². The zero-order chi connectivity index (χ0) is 23.6. The van der Waals surface area contributed by atoms with Gasteiger partial charge in [0.1, 0.15) is 17.5 Å². The molecule has 0 spiro atoms. The Labute approximate surface area is 192 Å². The van der Waals surface area contributed by atoms with Crippen LogP contribution in [-0.2, 0) is 0 Å². The number of H-pyrrole nitrogens is 2. The van der Waals surface area contributed by atoms with E-state index in [4.69, 9.17) is 32.4 Å². The van der Waals surface area contributed by atoms with Crippen LogP contribution in [0.2, 0.25) is 10.0 Å². The van der Waals surface area contributed by atoms with Crippen molar-refractivity contribution in [2.24, 2.45) is 0 Å². The Kier molecular flexibility index (Phi) is 6.95. The van der Waals surface area contributed by atoms with E-state index in [1.807, 2.05) is 13.8 Å². The average molecular weight is 482 g/mol. The van der Waals surface area contributed by atoms with Gasteiger partial charge in [-0.3, -0.25) is 9.59 Å². The fraction of sp³-hybridized carbons (Fsp3) is 0.300. The smallest absolute Gasteiger partial charge is 0.434 e. The molecule has 0 fully saturated rings. The SMILES string of the molecule is Cc1[nH]c(C(=O)Nc2ccc(C(=O)N[C@@H](C)c3n[nH]c(=O)o3)cc2OC(C)C)c(Cl)c1Cl. The molecule has 0 aliphatic rings. The van der Waals surface area contributed by atoms with E-state index in [-0.39, 0.29) is 39.0 Å². The van der Waals surface area contributed by atoms with Crippen LogP contribution in [0.15, 0.2) is 27.4 Å². The van der Waals surface area contributed by atoms with Crippen LogP contribution < -0.4 is 21.1 Å². The molecule has 1 aromatic carbocycles. The van der Waals surface area contributed by atoms with Gasteiger partial charge in [-0.2, -0.15) is 0 Å². The van der Waals surface area contributed by atoms with Gasteiger partial charge in [-0.15, -0.1) is 5.10 Å². The van der Waals surface area contributed by atoms with Gasteiger partial charge in [0, 0.05) is 11.3 Å². The summed E-state index contributed by atoms with van der Waals surface area (Å²) in [6.45, 7) is 6.93. The summed E-state index contributed by atoms with van der Waals surface area (Å²) in [5, 5.41) is 11.6. The minimum absolute atomic E-state index is 0.0441. The van der Waals surface area contributed by atoms with Gasteiger partial charge in [-0.1, -0.05) is 23.2 Å². The maximum absolute atomic E-state index is 12.7. The number of amides is 2. The Morgan fingerprint density at radius 1 is 1.16 bits per heavy atom. The minimum atomic E-state index is -0.715. The van der Waals surface area contributed by atoms with Crippen molar-refractivity contribution in [1.82, 2.24) is 20.5 Å². The van der Waals surface area contributed by atoms with Crippen molar-refractivity contribution in [3.63, 3.8) is 0 Å². The zero-order valence-electron chi connectivity index (χ0n) is 17.6. The highest BCUT2D eigenvalue weighted by Crippen LogP contribution is 2.32. The summed E-state index contributed by atoms with van der Waals surface area (Å²) in [7, 11) is 0. The summed E-state index contributed by atoms with van der Waals surface area (Å²) in [6.07, 6.45) is -0.230. The van der Waals surface area contributed by atoms with E-state index in [0.717, 1.165) is 0 Å². The molecule has 0 saturated carbocycles. The average Bonchev–Trinajstić information content (AvgIpc) is 3.27. The largest absolute Gasteiger partial charge is 0.489 e. The lowest BCUT2D eigenvalue weighted by Gasteiger charge is -2.17. The second-order valence-corrected chi connectivity index (χ2v) is 7.99. The number of rotatable bonds is 7. The molecule has 0 unspecified atom stereocenters. The predicted octanol–water partition coefficient (Wildman–Crippen LogP) is 3.84. The number of anilines is 1. The number of carbonyl (C=O) groups is 2. The van der Waals surface area contributed by atoms with Crippen LogP contribution in [0.1, 0.15) is 59.2 Å². The summed E-state index contributed by atoms with van der Waals surface area (Å²) in [5.74, 6) is -1.36. The van der Waals surface area contributed by atoms with E-state index in [2.05, 4.69) is 25.8 Å². The van der Waals surface area contributed by atoms with E-state index in [1.54, 1.807) is 13.8 Å². The Morgan fingerprint density at radius 2 is 1.88 bits per heavy atom. The van der Waals surface area contributed by atoms with Gasteiger partial charge in [-0.25, -0.2) is 9.89 Å². The van der Waals surface area contributed by atoms with Crippen LogP contribution in [0.3, 0.4) is 0 Å². The van der Waals surface area contributed by atoms with Gasteiger partial charge in [-0.05, 0) is 45.9 Å². The highest BCUT2D eigenvalue weighted by Gasteiger charge is 2.21. The summed E-state index contributed by atoms with van der Waals surface area (Å²) < 4.78 is 10.6. The van der Waals surface area contributed by atoms with Gasteiger partial charge in [0.15, 0.2) is 0 Å². The zero-order valence-corrected chi connectivity index (χ0v) is 19.1. The third-order valence-electron chi connectivity index (χ3n) is 4.31. The summed E-state index contributed by atoms with van der Waals surface area (Å²) >= 11 is 12.2. The first kappa shape index (κ1) is 23.4. The molecule has 0 aliphatic heterocycles. The lowest BCUT2D eigenvalue weighted by atomic mass is 10.1. The Hall–Kier alpha value is -3.24. The highest BCUT2D eigenvalue weighted by atomic mass is 35.5. The monoisotopic (exact) mass is 481 g/mol. The highest BCUT2D eigenvalue weighted by molar-refractivity contribution is 6.44. The summed E-state index contributed by atoms with van der Waals surface area (Å²) in [6, 6.07) is 3.89. The molecule has 0 saturated heterocycles. The van der Waals surface area contributed by atoms with Crippen molar-refractivity contribution in [2.45, 2.75) is 39.8 Å². The molecule has 0 radical (unpaired) electrons. The molecule has 4 N–H and O–H groups in total. The Bertz CT molecular complexity index is 1210. The molecule has 10 nitrogen and oxygen atoms in total. The lowest BCUT2D eigenvalue weighted by Crippen LogP contribution is -2.27. The number of ether oxygens (including phenoxy) is 1. The minimum Gasteiger partial charge on any atom is -0.489 e. The predicted molar refractivity (Wildman–Crippen MR) is 119 cm³/mol. The normalized spacial score (nSPS) is 12.0. The number of nitrogens with one attached hydrogen (secondary N) is 4. The number of aromatic amines is 2. The molecule has 1 atom stereocenters. The third kappa shape index (κ3) is 5.14. The van der Waals surface area contributed by atoms with Crippen LogP contribution in [-0.4, -0.2) is 33.1 Å². The first-order valence-electron chi connectivity index (χ1n) is 9.58. The number of halogens is 2. The maximum Gasteiger partial charge on any atom is 0.434 e. The van der Waals surface area contributed by atoms with Gasteiger partial charge in [0.25, 0.3) is 11.8 Å². The third-order valence-corrected chi connectivity index (χ3v) is 5.26. The van der Waals surface area contributed by atoms with Gasteiger partial charge in [0.2, 0.25) is 5.89 Å². The number of aromatic nitrogens is 3. The quantitative estimate of drug-likeness (QED) is 0.403. The maximum atomic E-state index is 12.7. The van der Waals surface area contributed by atoms with Crippen LogP contribution in [0.4, 0.5) is 5.69 Å². The fourth-order valence-electron chi connectivity index (χ4n) is 2.80. The molecule has 170 valence electrons. The van der Waals surface area contributed by atoms with Crippen molar-refractivity contribution < 1.29 is 18.7 Å². The molecular formula is C20H21Cl2N5O5. The van der Waals surface area contributed by atoms with Crippen molar-refractivity contribution in [2.75, 3.05) is 5.32 Å². The molecule has 2 heterocycles. The first-order valence-corrected chi connectivity index (χ1v) is 10.3. The van der Waals surface area contributed by atoms with E-state index >= 15 is 0 Å². The second-order valence-electron chi connectivity index (χ2n) is 7.23. The fourth-order valence-corrected chi connectivity index (χ4v) is 3.22. The molecule has 32 heavy (non-hydrogen) atoms. The first-order chi connectivity index (χ1) is 15.1. The Morgan fingerprint density at radius 3 is 2.44 bits per heavy atom. The lowest BCUT2D eigenvalue weighted by molar-refractivity contribution is 0.0932. The van der Waals surface area contributed by atoms with Crippen LogP contribution in [0.5, 0.6) is 5.75 Å². The van der Waals surface area contributed by atoms with E-state index < -0.39 is 23.6 Å². The van der Waals surface area contributed by atoms with Crippen molar-refractivity contribution in [1.29, 1.82) is 0 Å². The van der Waals surface area contributed by atoms with Crippen molar-refractivity contribution >= 4 is 40.7 Å². The molecule has 0 bridgehead atoms. The van der Waals surface area contributed by atoms with E-state index in [1.165, 1.54) is 18.2 Å². The van der Waals surface area contributed by atoms with Crippen LogP contribution in [0.25, 0.3) is 0 Å². The molecule has 2 amide bonds. The van der Waals surface area contributed by atoms with Gasteiger partial charge < -0.3 is 24.8 Å². The number of hydrogen-bond donors (Lipinski definition) is 4. The van der Waals surface area contributed by atoms with Crippen molar-refractivity contribution in [3.8, 4) is 5.75 Å². The topological polar surface area (TPSA) is 142 Å². The summed E-state index contributed by atoms with van der Waals surface area (Å²) in [5.41, 5.74) is 1.28. The molecule has 12 heteroatoms. The van der Waals surface area contributed by atoms with Crippen LogP contribution >= 0.6 is 23.2 Å². The van der Waals surface area contributed by atoms with Crippen molar-refractivity contribution in [3.05, 3.63) is 61.6 Å². The molecule has 3 rings (SSSR count). The summed E-state index contributed by atoms with van der Waals surface area (Å²) in [4.78, 5) is 39.3. The molecule has 0 aliphatic carbocycles. The number of benzene rings is 1. The van der Waals surface area contributed by atoms with E-state index in [0.29, 0.717) is 11.4 Å². The molecule has 2 aromatic heterocycles. The number of nitrogens with zero attached hydrogens (tertiary/aromatic N) is 1. The number of carbonyl (C=O) groups excluding carboxylic acids is 2. The van der Waals surface area contributed by atoms with Gasteiger partial charge in [0.05, 0.1) is 21.8 Å². The number of aryl methyl sites for hydroxylation is 1. The standard InChI is InChI=1S/C20H21Cl2N5O5/c1-8(2)31-13-7-11(17(28)24-10(4)19-26-27-20(30)32-19)5-6-12(13)25-18(29)16-15(22)14(21)9(3)23-16/h5-8,10,23H,1-4H3,(H,24,28)(H,25,29)(H,27,30)/t10-/m0/s1. The number of hydrogen-bond acceptors (Lipinski definition) is 6. The Balaban J connectivity index is 1.83.